The van der Waals surface area contributed by atoms with Gasteiger partial charge in [0.15, 0.2) is 5.96 Å². The Morgan fingerprint density at radius 1 is 1.32 bits per heavy atom. The number of hydrogen-bond acceptors (Lipinski definition) is 3. The third kappa shape index (κ3) is 5.15. The zero-order chi connectivity index (χ0) is 16.9. The van der Waals surface area contributed by atoms with E-state index in [1.54, 1.807) is 0 Å². The lowest BCUT2D eigenvalue weighted by atomic mass is 10.1. The Kier molecular flexibility index (Phi) is 7.65. The summed E-state index contributed by atoms with van der Waals surface area (Å²) >= 11 is 0. The molecule has 1 aromatic rings. The number of fused-ring (bicyclic) bond motifs is 1. The van der Waals surface area contributed by atoms with Crippen molar-refractivity contribution in [2.45, 2.75) is 64.6 Å². The van der Waals surface area contributed by atoms with Crippen molar-refractivity contribution in [2.24, 2.45) is 4.99 Å². The first kappa shape index (κ1) is 20.1. The van der Waals surface area contributed by atoms with Crippen molar-refractivity contribution in [2.75, 3.05) is 13.7 Å². The lowest BCUT2D eigenvalue weighted by Gasteiger charge is -2.18. The fourth-order valence-electron chi connectivity index (χ4n) is 3.55. The minimum absolute atomic E-state index is 0. The van der Waals surface area contributed by atoms with Crippen molar-refractivity contribution >= 4 is 29.9 Å². The topological polar surface area (TPSA) is 54.9 Å². The molecule has 1 saturated carbocycles. The molecule has 2 N–H and O–H groups in total. The predicted molar refractivity (Wildman–Crippen MR) is 112 cm³/mol. The molecular weight excluding hydrogens is 429 g/mol. The first-order valence-corrected chi connectivity index (χ1v) is 9.12. The Morgan fingerprint density at radius 2 is 2.08 bits per heavy atom. The van der Waals surface area contributed by atoms with Crippen LogP contribution in [0.2, 0.25) is 0 Å². The van der Waals surface area contributed by atoms with Crippen molar-refractivity contribution in [3.05, 3.63) is 23.3 Å². The molecule has 1 fully saturated rings. The van der Waals surface area contributed by atoms with Gasteiger partial charge in [-0.3, -0.25) is 4.99 Å². The maximum Gasteiger partial charge on any atom is 0.191 e. The SMILES string of the molecule is CCOc1cc2c(cc1CNC(=NC)NC1CCCC1)OC(C)C2.I. The van der Waals surface area contributed by atoms with Crippen LogP contribution in [0.1, 0.15) is 50.7 Å². The molecular formula is C19H30IN3O2. The van der Waals surface area contributed by atoms with Crippen LogP contribution in [0.5, 0.6) is 11.5 Å². The van der Waals surface area contributed by atoms with Crippen molar-refractivity contribution in [3.63, 3.8) is 0 Å². The highest BCUT2D eigenvalue weighted by Crippen LogP contribution is 2.35. The number of nitrogens with zero attached hydrogens (tertiary/aromatic N) is 1. The normalized spacial score (nSPS) is 19.8. The maximum atomic E-state index is 5.89. The Labute approximate surface area is 168 Å². The molecule has 0 bridgehead atoms. The molecule has 3 rings (SSSR count). The molecule has 6 heteroatoms. The monoisotopic (exact) mass is 459 g/mol. The van der Waals surface area contributed by atoms with Crippen LogP contribution in [0.4, 0.5) is 0 Å². The van der Waals surface area contributed by atoms with E-state index >= 15 is 0 Å². The number of benzene rings is 1. The van der Waals surface area contributed by atoms with E-state index in [9.17, 15) is 0 Å². The summed E-state index contributed by atoms with van der Waals surface area (Å²) in [5, 5.41) is 6.93. The first-order valence-electron chi connectivity index (χ1n) is 9.12. The molecule has 1 atom stereocenters. The van der Waals surface area contributed by atoms with E-state index in [4.69, 9.17) is 9.47 Å². The van der Waals surface area contributed by atoms with E-state index in [-0.39, 0.29) is 30.1 Å². The standard InChI is InChI=1S/C19H29N3O2.HI/c1-4-23-17-10-14-9-13(2)24-18(14)11-15(17)12-21-19(20-3)22-16-7-5-6-8-16;/h10-11,13,16H,4-9,12H2,1-3H3,(H2,20,21,22);1H. The minimum Gasteiger partial charge on any atom is -0.494 e. The molecule has 0 spiro atoms. The molecule has 1 heterocycles. The summed E-state index contributed by atoms with van der Waals surface area (Å²) in [4.78, 5) is 4.35. The number of hydrogen-bond donors (Lipinski definition) is 2. The summed E-state index contributed by atoms with van der Waals surface area (Å²) in [5.41, 5.74) is 2.35. The summed E-state index contributed by atoms with van der Waals surface area (Å²) in [6.45, 7) is 5.46. The lowest BCUT2D eigenvalue weighted by Crippen LogP contribution is -2.42. The minimum atomic E-state index is 0. The van der Waals surface area contributed by atoms with Gasteiger partial charge in [-0.05, 0) is 38.8 Å². The van der Waals surface area contributed by atoms with E-state index in [1.807, 2.05) is 14.0 Å². The zero-order valence-corrected chi connectivity index (χ0v) is 17.8. The van der Waals surface area contributed by atoms with Crippen molar-refractivity contribution in [1.29, 1.82) is 0 Å². The van der Waals surface area contributed by atoms with E-state index in [0.29, 0.717) is 19.2 Å². The third-order valence-corrected chi connectivity index (χ3v) is 4.74. The van der Waals surface area contributed by atoms with Gasteiger partial charge in [-0.15, -0.1) is 24.0 Å². The van der Waals surface area contributed by atoms with Gasteiger partial charge in [0.25, 0.3) is 0 Å². The van der Waals surface area contributed by atoms with Crippen LogP contribution in [0, 0.1) is 0 Å². The molecule has 1 aromatic carbocycles. The molecule has 0 radical (unpaired) electrons. The predicted octanol–water partition coefficient (Wildman–Crippen LogP) is 3.63. The van der Waals surface area contributed by atoms with Crippen LogP contribution in [-0.4, -0.2) is 31.8 Å². The van der Waals surface area contributed by atoms with Gasteiger partial charge >= 0.3 is 0 Å². The van der Waals surface area contributed by atoms with Crippen LogP contribution in [0.25, 0.3) is 0 Å². The number of guanidine groups is 1. The van der Waals surface area contributed by atoms with Crippen LogP contribution in [0.3, 0.4) is 0 Å². The van der Waals surface area contributed by atoms with E-state index in [1.165, 1.54) is 31.2 Å². The Balaban J connectivity index is 0.00000225. The summed E-state index contributed by atoms with van der Waals surface area (Å²) in [7, 11) is 1.82. The van der Waals surface area contributed by atoms with Crippen LogP contribution >= 0.6 is 24.0 Å². The van der Waals surface area contributed by atoms with Crippen LogP contribution in [-0.2, 0) is 13.0 Å². The largest absolute Gasteiger partial charge is 0.494 e. The fraction of sp³-hybridized carbons (Fsp3) is 0.632. The Bertz CT molecular complexity index is 601. The molecule has 0 aromatic heterocycles. The van der Waals surface area contributed by atoms with Crippen molar-refractivity contribution in [3.8, 4) is 11.5 Å². The van der Waals surface area contributed by atoms with E-state index < -0.39 is 0 Å². The number of ether oxygens (including phenoxy) is 2. The number of rotatable bonds is 5. The molecule has 140 valence electrons. The highest BCUT2D eigenvalue weighted by atomic mass is 127. The quantitative estimate of drug-likeness (QED) is 0.401. The molecule has 1 aliphatic carbocycles. The van der Waals surface area contributed by atoms with Gasteiger partial charge in [-0.2, -0.15) is 0 Å². The maximum absolute atomic E-state index is 5.89. The number of nitrogens with one attached hydrogen (secondary N) is 2. The first-order chi connectivity index (χ1) is 11.7. The van der Waals surface area contributed by atoms with Crippen molar-refractivity contribution in [1.82, 2.24) is 10.6 Å². The molecule has 0 amide bonds. The zero-order valence-electron chi connectivity index (χ0n) is 15.4. The second-order valence-electron chi connectivity index (χ2n) is 6.68. The molecule has 25 heavy (non-hydrogen) atoms. The molecule has 0 saturated heterocycles. The van der Waals surface area contributed by atoms with Gasteiger partial charge in [0.1, 0.15) is 17.6 Å². The molecule has 1 aliphatic heterocycles. The van der Waals surface area contributed by atoms with Gasteiger partial charge in [0.2, 0.25) is 0 Å². The fourth-order valence-corrected chi connectivity index (χ4v) is 3.55. The average Bonchev–Trinajstić information content (AvgIpc) is 3.19. The lowest BCUT2D eigenvalue weighted by molar-refractivity contribution is 0.254. The van der Waals surface area contributed by atoms with Gasteiger partial charge in [0.05, 0.1) is 6.61 Å². The summed E-state index contributed by atoms with van der Waals surface area (Å²) in [5.74, 6) is 2.79. The molecule has 5 nitrogen and oxygen atoms in total. The van der Waals surface area contributed by atoms with Gasteiger partial charge in [-0.25, -0.2) is 0 Å². The summed E-state index contributed by atoms with van der Waals surface area (Å²) in [6.07, 6.45) is 6.28. The summed E-state index contributed by atoms with van der Waals surface area (Å²) in [6, 6.07) is 4.79. The van der Waals surface area contributed by atoms with Crippen LogP contribution in [0.15, 0.2) is 17.1 Å². The van der Waals surface area contributed by atoms with Gasteiger partial charge in [-0.1, -0.05) is 12.8 Å². The van der Waals surface area contributed by atoms with Crippen LogP contribution < -0.4 is 20.1 Å². The van der Waals surface area contributed by atoms with E-state index in [2.05, 4.69) is 34.7 Å². The van der Waals surface area contributed by atoms with Gasteiger partial charge in [0, 0.05) is 37.2 Å². The summed E-state index contributed by atoms with van der Waals surface area (Å²) < 4.78 is 11.7. The number of aliphatic imine (C=N–C) groups is 1. The van der Waals surface area contributed by atoms with E-state index in [0.717, 1.165) is 29.4 Å². The smallest absolute Gasteiger partial charge is 0.191 e. The Morgan fingerprint density at radius 3 is 2.76 bits per heavy atom. The highest BCUT2D eigenvalue weighted by molar-refractivity contribution is 14.0. The molecule has 1 unspecified atom stereocenters. The second kappa shape index (κ2) is 9.50. The average molecular weight is 459 g/mol. The highest BCUT2D eigenvalue weighted by Gasteiger charge is 2.22. The van der Waals surface area contributed by atoms with Crippen molar-refractivity contribution < 1.29 is 9.47 Å². The second-order valence-corrected chi connectivity index (χ2v) is 6.68. The number of halogens is 1. The Hall–Kier alpha value is -1.18. The molecule has 2 aliphatic rings. The van der Waals surface area contributed by atoms with Gasteiger partial charge < -0.3 is 20.1 Å². The third-order valence-electron chi connectivity index (χ3n) is 4.74.